The van der Waals surface area contributed by atoms with E-state index in [4.69, 9.17) is 9.47 Å². The van der Waals surface area contributed by atoms with Crippen molar-refractivity contribution in [3.05, 3.63) is 73.1 Å². The van der Waals surface area contributed by atoms with Crippen LogP contribution in [0.2, 0.25) is 0 Å². The summed E-state index contributed by atoms with van der Waals surface area (Å²) in [4.78, 5) is 12.6. The molecule has 0 aliphatic carbocycles. The molecule has 0 saturated carbocycles. The first-order valence-corrected chi connectivity index (χ1v) is 10.5. The summed E-state index contributed by atoms with van der Waals surface area (Å²) in [5, 5.41) is 12.1. The average molecular weight is 436 g/mol. The van der Waals surface area contributed by atoms with Gasteiger partial charge in [0.05, 0.1) is 25.7 Å². The molecule has 0 radical (unpaired) electrons. The fraction of sp³-hybridized carbons (Fsp3) is 0.136. The number of ether oxygens (including phenoxy) is 2. The zero-order chi connectivity index (χ0) is 21.6. The van der Waals surface area contributed by atoms with Gasteiger partial charge in [0.1, 0.15) is 11.5 Å². The number of hydrogen-bond donors (Lipinski definition) is 1. The topological polar surface area (TPSA) is 83.2 Å². The molecule has 0 saturated heterocycles. The lowest BCUT2D eigenvalue weighted by Gasteiger charge is -2.13. The summed E-state index contributed by atoms with van der Waals surface area (Å²) in [7, 11) is 3.12. The Kier molecular flexibility index (Phi) is 6.23. The fourth-order valence-electron chi connectivity index (χ4n) is 3.02. The van der Waals surface area contributed by atoms with E-state index in [1.165, 1.54) is 11.8 Å². The van der Waals surface area contributed by atoms with E-state index >= 15 is 0 Å². The standard InChI is InChI=1S/C22H21N5O3S/c1-29-17-10-11-19(30-2)18(14-17)23-20(28)15-31-22-25-24-21(16-8-4-3-5-9-16)27(22)26-12-6-7-13-26/h3-14H,15H2,1-2H3,(H,23,28). The van der Waals surface area contributed by atoms with E-state index in [1.807, 2.05) is 64.2 Å². The first-order chi connectivity index (χ1) is 15.2. The van der Waals surface area contributed by atoms with E-state index < -0.39 is 0 Å². The van der Waals surface area contributed by atoms with Crippen LogP contribution < -0.4 is 14.8 Å². The molecule has 2 aromatic heterocycles. The molecule has 0 atom stereocenters. The largest absolute Gasteiger partial charge is 0.497 e. The number of amides is 1. The van der Waals surface area contributed by atoms with Crippen LogP contribution in [-0.2, 0) is 4.79 Å². The Balaban J connectivity index is 1.54. The van der Waals surface area contributed by atoms with Crippen LogP contribution in [-0.4, -0.2) is 45.4 Å². The van der Waals surface area contributed by atoms with Crippen LogP contribution in [0.15, 0.2) is 78.2 Å². The number of thioether (sulfide) groups is 1. The highest BCUT2D eigenvalue weighted by atomic mass is 32.2. The van der Waals surface area contributed by atoms with E-state index in [2.05, 4.69) is 15.5 Å². The van der Waals surface area contributed by atoms with Crippen LogP contribution in [0.1, 0.15) is 0 Å². The lowest BCUT2D eigenvalue weighted by molar-refractivity contribution is -0.113. The van der Waals surface area contributed by atoms with Crippen molar-refractivity contribution in [2.45, 2.75) is 5.16 Å². The molecule has 0 unspecified atom stereocenters. The first kappa shape index (κ1) is 20.5. The maximum Gasteiger partial charge on any atom is 0.234 e. The Morgan fingerprint density at radius 2 is 1.77 bits per heavy atom. The molecular weight excluding hydrogens is 414 g/mol. The molecule has 1 N–H and O–H groups in total. The zero-order valence-corrected chi connectivity index (χ0v) is 17.9. The third-order valence-electron chi connectivity index (χ3n) is 4.48. The van der Waals surface area contributed by atoms with Gasteiger partial charge in [0, 0.05) is 24.0 Å². The third kappa shape index (κ3) is 4.56. The number of carbonyl (C=O) groups is 1. The van der Waals surface area contributed by atoms with Crippen molar-refractivity contribution >= 4 is 23.4 Å². The molecule has 0 fully saturated rings. The summed E-state index contributed by atoms with van der Waals surface area (Å²) in [6.07, 6.45) is 3.81. The Morgan fingerprint density at radius 1 is 1.00 bits per heavy atom. The van der Waals surface area contributed by atoms with Crippen molar-refractivity contribution in [2.75, 3.05) is 25.3 Å². The van der Waals surface area contributed by atoms with Gasteiger partial charge in [0.15, 0.2) is 5.82 Å². The molecular formula is C22H21N5O3S. The van der Waals surface area contributed by atoms with Gasteiger partial charge in [-0.1, -0.05) is 42.1 Å². The predicted molar refractivity (Wildman–Crippen MR) is 120 cm³/mol. The summed E-state index contributed by atoms with van der Waals surface area (Å²) in [5.74, 6) is 1.83. The number of benzene rings is 2. The van der Waals surface area contributed by atoms with Gasteiger partial charge in [-0.2, -0.15) is 0 Å². The minimum atomic E-state index is -0.195. The van der Waals surface area contributed by atoms with Crippen LogP contribution in [0, 0.1) is 0 Å². The van der Waals surface area contributed by atoms with E-state index in [1.54, 1.807) is 32.4 Å². The minimum Gasteiger partial charge on any atom is -0.497 e. The third-order valence-corrected chi connectivity index (χ3v) is 5.40. The zero-order valence-electron chi connectivity index (χ0n) is 17.1. The number of nitrogens with one attached hydrogen (secondary N) is 1. The van der Waals surface area contributed by atoms with Crippen molar-refractivity contribution < 1.29 is 14.3 Å². The number of carbonyl (C=O) groups excluding carboxylic acids is 1. The lowest BCUT2D eigenvalue weighted by atomic mass is 10.2. The number of hydrogen-bond acceptors (Lipinski definition) is 6. The van der Waals surface area contributed by atoms with Crippen LogP contribution in [0.3, 0.4) is 0 Å². The molecule has 0 aliphatic rings. The fourth-order valence-corrected chi connectivity index (χ4v) is 3.75. The highest BCUT2D eigenvalue weighted by molar-refractivity contribution is 7.99. The number of aromatic nitrogens is 4. The minimum absolute atomic E-state index is 0.147. The van der Waals surface area contributed by atoms with E-state index in [0.29, 0.717) is 28.2 Å². The highest BCUT2D eigenvalue weighted by Crippen LogP contribution is 2.29. The SMILES string of the molecule is COc1ccc(OC)c(NC(=O)CSc2nnc(-c3ccccc3)n2-n2cccc2)c1. The van der Waals surface area contributed by atoms with Gasteiger partial charge in [0.2, 0.25) is 11.1 Å². The number of nitrogens with zero attached hydrogens (tertiary/aromatic N) is 4. The number of methoxy groups -OCH3 is 2. The van der Waals surface area contributed by atoms with E-state index in [9.17, 15) is 4.79 Å². The molecule has 9 heteroatoms. The summed E-state index contributed by atoms with van der Waals surface area (Å²) >= 11 is 1.30. The van der Waals surface area contributed by atoms with Gasteiger partial charge in [-0.05, 0) is 24.3 Å². The van der Waals surface area contributed by atoms with Crippen LogP contribution >= 0.6 is 11.8 Å². The predicted octanol–water partition coefficient (Wildman–Crippen LogP) is 3.81. The van der Waals surface area contributed by atoms with Crippen molar-refractivity contribution in [2.24, 2.45) is 0 Å². The van der Waals surface area contributed by atoms with Gasteiger partial charge in [-0.25, -0.2) is 4.68 Å². The van der Waals surface area contributed by atoms with Crippen molar-refractivity contribution in [1.29, 1.82) is 0 Å². The van der Waals surface area contributed by atoms with Gasteiger partial charge in [-0.3, -0.25) is 9.47 Å². The first-order valence-electron chi connectivity index (χ1n) is 9.48. The van der Waals surface area contributed by atoms with E-state index in [0.717, 1.165) is 5.56 Å². The summed E-state index contributed by atoms with van der Waals surface area (Å²) in [6, 6.07) is 18.9. The van der Waals surface area contributed by atoms with Gasteiger partial charge < -0.3 is 14.8 Å². The second-order valence-corrected chi connectivity index (χ2v) is 7.39. The molecule has 0 spiro atoms. The molecule has 1 amide bonds. The summed E-state index contributed by atoms with van der Waals surface area (Å²) in [6.45, 7) is 0. The molecule has 8 nitrogen and oxygen atoms in total. The van der Waals surface area contributed by atoms with Crippen LogP contribution in [0.4, 0.5) is 5.69 Å². The Morgan fingerprint density at radius 3 is 2.48 bits per heavy atom. The summed E-state index contributed by atoms with van der Waals surface area (Å²) < 4.78 is 14.3. The van der Waals surface area contributed by atoms with Crippen molar-refractivity contribution in [3.8, 4) is 22.9 Å². The average Bonchev–Trinajstić information content (AvgIpc) is 3.48. The Labute approximate surface area is 183 Å². The molecule has 158 valence electrons. The molecule has 2 aromatic carbocycles. The van der Waals surface area contributed by atoms with Crippen LogP contribution in [0.5, 0.6) is 11.5 Å². The monoisotopic (exact) mass is 435 g/mol. The van der Waals surface area contributed by atoms with Gasteiger partial charge in [0.25, 0.3) is 0 Å². The maximum absolute atomic E-state index is 12.6. The highest BCUT2D eigenvalue weighted by Gasteiger charge is 2.17. The molecule has 4 rings (SSSR count). The molecule has 31 heavy (non-hydrogen) atoms. The quantitative estimate of drug-likeness (QED) is 0.424. The summed E-state index contributed by atoms with van der Waals surface area (Å²) in [5.41, 5.74) is 1.48. The maximum atomic E-state index is 12.6. The van der Waals surface area contributed by atoms with Crippen molar-refractivity contribution in [1.82, 2.24) is 19.5 Å². The number of rotatable bonds is 8. The molecule has 4 aromatic rings. The molecule has 0 aliphatic heterocycles. The van der Waals surface area contributed by atoms with Crippen molar-refractivity contribution in [3.63, 3.8) is 0 Å². The molecule has 2 heterocycles. The lowest BCUT2D eigenvalue weighted by Crippen LogP contribution is -2.16. The normalized spacial score (nSPS) is 10.6. The van der Waals surface area contributed by atoms with Crippen LogP contribution in [0.25, 0.3) is 11.4 Å². The smallest absolute Gasteiger partial charge is 0.234 e. The number of anilines is 1. The van der Waals surface area contributed by atoms with E-state index in [-0.39, 0.29) is 11.7 Å². The van der Waals surface area contributed by atoms with Gasteiger partial charge in [-0.15, -0.1) is 10.2 Å². The Bertz CT molecular complexity index is 1160. The second kappa shape index (κ2) is 9.40. The molecule has 0 bridgehead atoms. The Hall–Kier alpha value is -3.72. The second-order valence-electron chi connectivity index (χ2n) is 6.45. The van der Waals surface area contributed by atoms with Gasteiger partial charge >= 0.3 is 0 Å².